The molecule has 106 valence electrons. The summed E-state index contributed by atoms with van der Waals surface area (Å²) in [6.45, 7) is 6.88. The first kappa shape index (κ1) is 14.4. The van der Waals surface area contributed by atoms with E-state index < -0.39 is 0 Å². The van der Waals surface area contributed by atoms with Crippen LogP contribution in [0.25, 0.3) is 0 Å². The number of hydrogen-bond donors (Lipinski definition) is 1. The van der Waals surface area contributed by atoms with Crippen LogP contribution in [0.5, 0.6) is 5.75 Å². The van der Waals surface area contributed by atoms with Gasteiger partial charge in [-0.25, -0.2) is 0 Å². The van der Waals surface area contributed by atoms with Crippen molar-refractivity contribution < 1.29 is 4.74 Å². The second kappa shape index (κ2) is 6.96. The lowest BCUT2D eigenvalue weighted by Gasteiger charge is -2.18. The van der Waals surface area contributed by atoms with E-state index in [4.69, 9.17) is 4.74 Å². The van der Waals surface area contributed by atoms with Gasteiger partial charge in [0.1, 0.15) is 5.75 Å². The second-order valence-corrected chi connectivity index (χ2v) is 4.74. The van der Waals surface area contributed by atoms with Crippen molar-refractivity contribution >= 4 is 0 Å². The smallest absolute Gasteiger partial charge is 0.138 e. The summed E-state index contributed by atoms with van der Waals surface area (Å²) >= 11 is 0. The summed E-state index contributed by atoms with van der Waals surface area (Å²) in [6.07, 6.45) is 8.81. The molecule has 1 unspecified atom stereocenters. The fraction of sp³-hybridized carbons (Fsp3) is 0.400. The molecule has 0 bridgehead atoms. The molecular formula is C15H20N4O. The van der Waals surface area contributed by atoms with Crippen molar-refractivity contribution in [1.29, 1.82) is 0 Å². The Morgan fingerprint density at radius 2 is 2.00 bits per heavy atom. The molecule has 0 aromatic carbocycles. The minimum Gasteiger partial charge on any atom is -0.489 e. The van der Waals surface area contributed by atoms with Gasteiger partial charge in [0.15, 0.2) is 0 Å². The summed E-state index contributed by atoms with van der Waals surface area (Å²) in [7, 11) is 0. The topological polar surface area (TPSA) is 59.9 Å². The van der Waals surface area contributed by atoms with Crippen LogP contribution < -0.4 is 10.1 Å². The zero-order valence-corrected chi connectivity index (χ0v) is 12.1. The first-order valence-corrected chi connectivity index (χ1v) is 6.81. The van der Waals surface area contributed by atoms with Crippen LogP contribution in [0, 0.1) is 0 Å². The Hall–Kier alpha value is -2.01. The normalized spacial score (nSPS) is 12.4. The molecule has 0 aliphatic rings. The first-order valence-electron chi connectivity index (χ1n) is 6.81. The van der Waals surface area contributed by atoms with Crippen molar-refractivity contribution in [2.24, 2.45) is 0 Å². The van der Waals surface area contributed by atoms with Gasteiger partial charge >= 0.3 is 0 Å². The zero-order valence-electron chi connectivity index (χ0n) is 12.1. The predicted molar refractivity (Wildman–Crippen MR) is 77.6 cm³/mol. The second-order valence-electron chi connectivity index (χ2n) is 4.74. The lowest BCUT2D eigenvalue weighted by molar-refractivity contribution is 0.241. The molecule has 2 aromatic heterocycles. The molecule has 2 aromatic rings. The van der Waals surface area contributed by atoms with Crippen LogP contribution in [0.3, 0.4) is 0 Å². The molecule has 1 N–H and O–H groups in total. The molecule has 0 spiro atoms. The maximum atomic E-state index is 5.69. The van der Waals surface area contributed by atoms with Gasteiger partial charge in [-0.2, -0.15) is 0 Å². The molecule has 2 heterocycles. The summed E-state index contributed by atoms with van der Waals surface area (Å²) in [4.78, 5) is 12.8. The lowest BCUT2D eigenvalue weighted by atomic mass is 10.1. The van der Waals surface area contributed by atoms with E-state index >= 15 is 0 Å². The Kier molecular flexibility index (Phi) is 5.01. The Morgan fingerprint density at radius 1 is 1.15 bits per heavy atom. The SMILES string of the molecule is CCNC(c1cncc(OC(C)C)c1)c1cnccn1. The third-order valence-electron chi connectivity index (χ3n) is 2.73. The van der Waals surface area contributed by atoms with Gasteiger partial charge in [-0.05, 0) is 32.0 Å². The van der Waals surface area contributed by atoms with E-state index in [0.717, 1.165) is 23.6 Å². The quantitative estimate of drug-likeness (QED) is 0.874. The van der Waals surface area contributed by atoms with E-state index in [-0.39, 0.29) is 12.1 Å². The molecule has 0 aliphatic carbocycles. The number of nitrogens with zero attached hydrogens (tertiary/aromatic N) is 3. The summed E-state index contributed by atoms with van der Waals surface area (Å²) in [6, 6.07) is 1.96. The van der Waals surface area contributed by atoms with E-state index in [2.05, 4.69) is 27.2 Å². The highest BCUT2D eigenvalue weighted by Crippen LogP contribution is 2.23. The molecule has 2 rings (SSSR count). The minimum atomic E-state index is -0.0306. The average molecular weight is 272 g/mol. The highest BCUT2D eigenvalue weighted by Gasteiger charge is 2.15. The molecular weight excluding hydrogens is 252 g/mol. The zero-order chi connectivity index (χ0) is 14.4. The van der Waals surface area contributed by atoms with Crippen LogP contribution >= 0.6 is 0 Å². The minimum absolute atomic E-state index is 0.0306. The predicted octanol–water partition coefficient (Wildman–Crippen LogP) is 2.36. The van der Waals surface area contributed by atoms with Gasteiger partial charge in [0.05, 0.1) is 30.2 Å². The van der Waals surface area contributed by atoms with Crippen LogP contribution in [0.4, 0.5) is 0 Å². The van der Waals surface area contributed by atoms with E-state index in [1.165, 1.54) is 0 Å². The number of nitrogens with one attached hydrogen (secondary N) is 1. The van der Waals surface area contributed by atoms with Crippen molar-refractivity contribution in [3.05, 3.63) is 48.3 Å². The molecule has 0 saturated heterocycles. The van der Waals surface area contributed by atoms with Crippen molar-refractivity contribution in [2.45, 2.75) is 32.9 Å². The largest absolute Gasteiger partial charge is 0.489 e. The molecule has 5 nitrogen and oxygen atoms in total. The molecule has 0 radical (unpaired) electrons. The van der Waals surface area contributed by atoms with Crippen molar-refractivity contribution in [3.63, 3.8) is 0 Å². The number of hydrogen-bond acceptors (Lipinski definition) is 5. The Bertz CT molecular complexity index is 530. The van der Waals surface area contributed by atoms with Gasteiger partial charge in [0.2, 0.25) is 0 Å². The third kappa shape index (κ3) is 3.74. The van der Waals surface area contributed by atoms with Crippen LogP contribution in [0.15, 0.2) is 37.1 Å². The van der Waals surface area contributed by atoms with Crippen molar-refractivity contribution in [2.75, 3.05) is 6.54 Å². The fourth-order valence-corrected chi connectivity index (χ4v) is 1.99. The van der Waals surface area contributed by atoms with Gasteiger partial charge in [-0.3, -0.25) is 15.0 Å². The molecule has 1 atom stereocenters. The Labute approximate surface area is 119 Å². The summed E-state index contributed by atoms with van der Waals surface area (Å²) in [5.74, 6) is 0.768. The molecule has 0 aliphatic heterocycles. The van der Waals surface area contributed by atoms with Crippen LogP contribution in [-0.4, -0.2) is 27.6 Å². The van der Waals surface area contributed by atoms with E-state index in [1.807, 2.05) is 26.1 Å². The van der Waals surface area contributed by atoms with Crippen molar-refractivity contribution in [3.8, 4) is 5.75 Å². The molecule has 0 amide bonds. The van der Waals surface area contributed by atoms with Gasteiger partial charge in [-0.15, -0.1) is 0 Å². The lowest BCUT2D eigenvalue weighted by Crippen LogP contribution is -2.23. The van der Waals surface area contributed by atoms with Crippen LogP contribution in [0.2, 0.25) is 0 Å². The van der Waals surface area contributed by atoms with E-state index in [1.54, 1.807) is 24.8 Å². The van der Waals surface area contributed by atoms with Gasteiger partial charge < -0.3 is 10.1 Å². The maximum absolute atomic E-state index is 5.69. The number of pyridine rings is 1. The molecule has 5 heteroatoms. The number of aromatic nitrogens is 3. The highest BCUT2D eigenvalue weighted by molar-refractivity contribution is 5.30. The summed E-state index contributed by atoms with van der Waals surface area (Å²) in [5.41, 5.74) is 1.89. The molecule has 20 heavy (non-hydrogen) atoms. The Balaban J connectivity index is 2.30. The van der Waals surface area contributed by atoms with Gasteiger partial charge in [-0.1, -0.05) is 6.92 Å². The van der Waals surface area contributed by atoms with E-state index in [9.17, 15) is 0 Å². The average Bonchev–Trinajstić information content (AvgIpc) is 2.45. The fourth-order valence-electron chi connectivity index (χ4n) is 1.99. The standard InChI is InChI=1S/C15H20N4O/c1-4-18-15(14-10-16-5-6-19-14)12-7-13(9-17-8-12)20-11(2)3/h5-11,15,18H,4H2,1-3H3. The monoisotopic (exact) mass is 272 g/mol. The summed E-state index contributed by atoms with van der Waals surface area (Å²) in [5, 5.41) is 3.40. The third-order valence-corrected chi connectivity index (χ3v) is 2.73. The summed E-state index contributed by atoms with van der Waals surface area (Å²) < 4.78 is 5.69. The highest BCUT2D eigenvalue weighted by atomic mass is 16.5. The maximum Gasteiger partial charge on any atom is 0.138 e. The Morgan fingerprint density at radius 3 is 2.65 bits per heavy atom. The van der Waals surface area contributed by atoms with Crippen molar-refractivity contribution in [1.82, 2.24) is 20.3 Å². The molecule has 0 saturated carbocycles. The van der Waals surface area contributed by atoms with Gasteiger partial charge in [0, 0.05) is 18.6 Å². The van der Waals surface area contributed by atoms with Gasteiger partial charge in [0.25, 0.3) is 0 Å². The first-order chi connectivity index (χ1) is 9.70. The van der Waals surface area contributed by atoms with E-state index in [0.29, 0.717) is 0 Å². The molecule has 0 fully saturated rings. The van der Waals surface area contributed by atoms with Crippen LogP contribution in [-0.2, 0) is 0 Å². The van der Waals surface area contributed by atoms with Crippen LogP contribution in [0.1, 0.15) is 38.1 Å². The number of ether oxygens (including phenoxy) is 1. The number of rotatable bonds is 6.